The molecule has 0 fully saturated rings. The summed E-state index contributed by atoms with van der Waals surface area (Å²) in [5.74, 6) is 1.28. The molecule has 0 bridgehead atoms. The van der Waals surface area contributed by atoms with Crippen LogP contribution in [0, 0.1) is 0 Å². The number of hydrogen-bond donors (Lipinski definition) is 2. The number of amides is 1. The second-order valence-electron chi connectivity index (χ2n) is 3.82. The molecule has 0 saturated heterocycles. The van der Waals surface area contributed by atoms with Crippen LogP contribution in [-0.4, -0.2) is 31.4 Å². The molecule has 1 atom stereocenters. The highest BCUT2D eigenvalue weighted by Crippen LogP contribution is 2.13. The van der Waals surface area contributed by atoms with Crippen molar-refractivity contribution in [3.63, 3.8) is 0 Å². The molecule has 1 rings (SSSR count). The van der Waals surface area contributed by atoms with Crippen molar-refractivity contribution in [3.8, 4) is 5.75 Å². The van der Waals surface area contributed by atoms with Crippen LogP contribution in [0.5, 0.6) is 5.75 Å². The van der Waals surface area contributed by atoms with Crippen LogP contribution in [0.3, 0.4) is 0 Å². The molecule has 0 aliphatic carbocycles. The van der Waals surface area contributed by atoms with Gasteiger partial charge >= 0.3 is 0 Å². The first-order chi connectivity index (χ1) is 8.67. The van der Waals surface area contributed by atoms with E-state index < -0.39 is 6.10 Å². The molecule has 0 aliphatic heterocycles. The maximum Gasteiger partial charge on any atom is 0.248 e. The largest absolute Gasteiger partial charge is 0.497 e. The SMILES string of the molecule is COc1cccc(COC(C)C(=O)NCCS)c1. The fraction of sp³-hybridized carbons (Fsp3) is 0.462. The van der Waals surface area contributed by atoms with E-state index in [-0.39, 0.29) is 5.91 Å². The van der Waals surface area contributed by atoms with Crippen molar-refractivity contribution in [1.29, 1.82) is 0 Å². The number of thiol groups is 1. The topological polar surface area (TPSA) is 47.6 Å². The molecule has 0 aromatic heterocycles. The van der Waals surface area contributed by atoms with Crippen molar-refractivity contribution in [1.82, 2.24) is 5.32 Å². The first-order valence-corrected chi connectivity index (χ1v) is 6.43. The molecule has 18 heavy (non-hydrogen) atoms. The van der Waals surface area contributed by atoms with Crippen molar-refractivity contribution in [2.75, 3.05) is 19.4 Å². The Morgan fingerprint density at radius 3 is 2.94 bits per heavy atom. The van der Waals surface area contributed by atoms with E-state index in [4.69, 9.17) is 9.47 Å². The number of carbonyl (C=O) groups is 1. The van der Waals surface area contributed by atoms with Crippen LogP contribution in [0.15, 0.2) is 24.3 Å². The van der Waals surface area contributed by atoms with Crippen LogP contribution in [0.25, 0.3) is 0 Å². The van der Waals surface area contributed by atoms with Gasteiger partial charge in [0.05, 0.1) is 13.7 Å². The average Bonchev–Trinajstić information content (AvgIpc) is 2.42. The van der Waals surface area contributed by atoms with Crippen LogP contribution in [0.2, 0.25) is 0 Å². The van der Waals surface area contributed by atoms with E-state index in [9.17, 15) is 4.79 Å². The van der Waals surface area contributed by atoms with Crippen molar-refractivity contribution in [2.45, 2.75) is 19.6 Å². The molecule has 0 saturated carbocycles. The van der Waals surface area contributed by atoms with Crippen molar-refractivity contribution in [2.24, 2.45) is 0 Å². The number of rotatable bonds is 7. The van der Waals surface area contributed by atoms with E-state index in [1.54, 1.807) is 14.0 Å². The van der Waals surface area contributed by atoms with Gasteiger partial charge in [0.15, 0.2) is 0 Å². The van der Waals surface area contributed by atoms with Gasteiger partial charge in [-0.2, -0.15) is 12.6 Å². The first kappa shape index (κ1) is 14.9. The van der Waals surface area contributed by atoms with Gasteiger partial charge in [0, 0.05) is 12.3 Å². The van der Waals surface area contributed by atoms with Gasteiger partial charge < -0.3 is 14.8 Å². The van der Waals surface area contributed by atoms with Crippen molar-refractivity contribution in [3.05, 3.63) is 29.8 Å². The van der Waals surface area contributed by atoms with Gasteiger partial charge in [-0.25, -0.2) is 0 Å². The van der Waals surface area contributed by atoms with Crippen LogP contribution in [0.4, 0.5) is 0 Å². The second-order valence-corrected chi connectivity index (χ2v) is 4.27. The summed E-state index contributed by atoms with van der Waals surface area (Å²) < 4.78 is 10.6. The molecule has 1 aromatic rings. The van der Waals surface area contributed by atoms with E-state index in [0.717, 1.165) is 11.3 Å². The zero-order chi connectivity index (χ0) is 13.4. The maximum atomic E-state index is 11.6. The predicted octanol–water partition coefficient (Wildman–Crippen LogP) is 1.65. The minimum absolute atomic E-state index is 0.119. The molecular formula is C13H19NO3S. The van der Waals surface area contributed by atoms with Gasteiger partial charge in [0.25, 0.3) is 0 Å². The highest BCUT2D eigenvalue weighted by Gasteiger charge is 2.12. The quantitative estimate of drug-likeness (QED) is 0.740. The van der Waals surface area contributed by atoms with Crippen LogP contribution < -0.4 is 10.1 Å². The fourth-order valence-corrected chi connectivity index (χ4v) is 1.49. The van der Waals surface area contributed by atoms with E-state index >= 15 is 0 Å². The van der Waals surface area contributed by atoms with Crippen molar-refractivity contribution < 1.29 is 14.3 Å². The number of benzene rings is 1. The molecular weight excluding hydrogens is 250 g/mol. The Bertz CT molecular complexity index is 384. The van der Waals surface area contributed by atoms with Crippen LogP contribution in [-0.2, 0) is 16.1 Å². The fourth-order valence-electron chi connectivity index (χ4n) is 1.38. The summed E-state index contributed by atoms with van der Waals surface area (Å²) >= 11 is 4.03. The average molecular weight is 269 g/mol. The number of ether oxygens (including phenoxy) is 2. The smallest absolute Gasteiger partial charge is 0.248 e. The molecule has 4 nitrogen and oxygen atoms in total. The maximum absolute atomic E-state index is 11.6. The third kappa shape index (κ3) is 4.98. The van der Waals surface area contributed by atoms with E-state index in [2.05, 4.69) is 17.9 Å². The molecule has 0 aliphatic rings. The zero-order valence-corrected chi connectivity index (χ0v) is 11.6. The van der Waals surface area contributed by atoms with Crippen molar-refractivity contribution >= 4 is 18.5 Å². The molecule has 0 spiro atoms. The third-order valence-corrected chi connectivity index (χ3v) is 2.64. The lowest BCUT2D eigenvalue weighted by atomic mass is 10.2. The predicted molar refractivity (Wildman–Crippen MR) is 74.1 cm³/mol. The Labute approximate surface area is 113 Å². The Hall–Kier alpha value is -1.20. The summed E-state index contributed by atoms with van der Waals surface area (Å²) in [4.78, 5) is 11.6. The summed E-state index contributed by atoms with van der Waals surface area (Å²) in [6.07, 6.45) is -0.476. The standard InChI is InChI=1S/C13H19NO3S/c1-10(13(15)14-6-7-18)17-9-11-4-3-5-12(8-11)16-2/h3-5,8,10,18H,6-7,9H2,1-2H3,(H,14,15). The first-order valence-electron chi connectivity index (χ1n) is 5.80. The molecule has 5 heteroatoms. The van der Waals surface area contributed by atoms with Gasteiger partial charge in [0.1, 0.15) is 11.9 Å². The zero-order valence-electron chi connectivity index (χ0n) is 10.7. The van der Waals surface area contributed by atoms with Gasteiger partial charge in [0.2, 0.25) is 5.91 Å². The lowest BCUT2D eigenvalue weighted by Gasteiger charge is -2.13. The summed E-state index contributed by atoms with van der Waals surface area (Å²) in [7, 11) is 1.62. The van der Waals surface area contributed by atoms with E-state index in [0.29, 0.717) is 18.9 Å². The lowest BCUT2D eigenvalue weighted by molar-refractivity contribution is -0.132. The molecule has 1 N–H and O–H groups in total. The second kappa shape index (κ2) is 8.00. The number of methoxy groups -OCH3 is 1. The molecule has 100 valence electrons. The highest BCUT2D eigenvalue weighted by molar-refractivity contribution is 7.80. The Morgan fingerprint density at radius 1 is 1.50 bits per heavy atom. The highest BCUT2D eigenvalue weighted by atomic mass is 32.1. The molecule has 1 unspecified atom stereocenters. The number of carbonyl (C=O) groups excluding carboxylic acids is 1. The Morgan fingerprint density at radius 2 is 2.28 bits per heavy atom. The van der Waals surface area contributed by atoms with Crippen LogP contribution in [0.1, 0.15) is 12.5 Å². The molecule has 0 heterocycles. The Balaban J connectivity index is 2.41. The number of nitrogens with one attached hydrogen (secondary N) is 1. The van der Waals surface area contributed by atoms with Crippen LogP contribution >= 0.6 is 12.6 Å². The molecule has 0 radical (unpaired) electrons. The minimum Gasteiger partial charge on any atom is -0.497 e. The summed E-state index contributed by atoms with van der Waals surface area (Å²) in [6, 6.07) is 7.58. The normalized spacial score (nSPS) is 11.9. The molecule has 1 amide bonds. The van der Waals surface area contributed by atoms with E-state index in [1.165, 1.54) is 0 Å². The van der Waals surface area contributed by atoms with E-state index in [1.807, 2.05) is 24.3 Å². The third-order valence-electron chi connectivity index (χ3n) is 2.41. The minimum atomic E-state index is -0.476. The summed E-state index contributed by atoms with van der Waals surface area (Å²) in [5, 5.41) is 2.73. The molecule has 1 aromatic carbocycles. The van der Waals surface area contributed by atoms with Gasteiger partial charge in [-0.05, 0) is 24.6 Å². The van der Waals surface area contributed by atoms with Gasteiger partial charge in [-0.15, -0.1) is 0 Å². The summed E-state index contributed by atoms with van der Waals surface area (Å²) in [5.41, 5.74) is 0.975. The monoisotopic (exact) mass is 269 g/mol. The Kier molecular flexibility index (Phi) is 6.60. The number of hydrogen-bond acceptors (Lipinski definition) is 4. The lowest BCUT2D eigenvalue weighted by Crippen LogP contribution is -2.35. The van der Waals surface area contributed by atoms with Gasteiger partial charge in [-0.3, -0.25) is 4.79 Å². The van der Waals surface area contributed by atoms with Gasteiger partial charge in [-0.1, -0.05) is 12.1 Å². The summed E-state index contributed by atoms with van der Waals surface area (Å²) in [6.45, 7) is 2.66.